The number of aryl methyl sites for hydroxylation is 2. The van der Waals surface area contributed by atoms with Crippen molar-refractivity contribution >= 4 is 5.91 Å². The fraction of sp³-hybridized carbons (Fsp3) is 0.533. The first-order valence-electron chi connectivity index (χ1n) is 6.56. The van der Waals surface area contributed by atoms with Crippen molar-refractivity contribution in [3.63, 3.8) is 0 Å². The minimum absolute atomic E-state index is 0.106. The van der Waals surface area contributed by atoms with Gasteiger partial charge in [0.15, 0.2) is 0 Å². The van der Waals surface area contributed by atoms with Gasteiger partial charge in [0.25, 0.3) is 0 Å². The summed E-state index contributed by atoms with van der Waals surface area (Å²) in [5.41, 5.74) is 2.89. The van der Waals surface area contributed by atoms with Gasteiger partial charge in [-0.25, -0.2) is 0 Å². The Morgan fingerprint density at radius 2 is 1.74 bits per heavy atom. The van der Waals surface area contributed by atoms with Gasteiger partial charge in [0, 0.05) is 20.6 Å². The predicted octanol–water partition coefficient (Wildman–Crippen LogP) is 1.92. The second-order valence-corrected chi connectivity index (χ2v) is 5.17. The van der Waals surface area contributed by atoms with Gasteiger partial charge in [0.2, 0.25) is 5.91 Å². The maximum absolute atomic E-state index is 11.7. The van der Waals surface area contributed by atoms with Crippen LogP contribution in [-0.4, -0.2) is 48.0 Å². The summed E-state index contributed by atoms with van der Waals surface area (Å²) in [6, 6.07) is 3.95. The van der Waals surface area contributed by atoms with Gasteiger partial charge in [-0.05, 0) is 37.1 Å². The molecule has 19 heavy (non-hydrogen) atoms. The molecule has 0 heterocycles. The molecule has 0 aliphatic carbocycles. The van der Waals surface area contributed by atoms with E-state index in [4.69, 9.17) is 0 Å². The molecule has 4 nitrogen and oxygen atoms in total. The highest BCUT2D eigenvalue weighted by Gasteiger charge is 2.12. The number of carbonyl (C=O) groups is 1. The average Bonchev–Trinajstić information content (AvgIpc) is 2.34. The molecule has 0 radical (unpaired) electrons. The van der Waals surface area contributed by atoms with Gasteiger partial charge in [-0.3, -0.25) is 9.69 Å². The van der Waals surface area contributed by atoms with E-state index in [9.17, 15) is 9.90 Å². The Bertz CT molecular complexity index is 432. The molecule has 0 spiro atoms. The van der Waals surface area contributed by atoms with Crippen LogP contribution in [0.3, 0.4) is 0 Å². The van der Waals surface area contributed by atoms with Crippen LogP contribution >= 0.6 is 0 Å². The molecule has 0 bridgehead atoms. The molecule has 0 aromatic heterocycles. The second kappa shape index (κ2) is 6.57. The number of aromatic hydroxyl groups is 1. The molecular formula is C15H24N2O2. The van der Waals surface area contributed by atoms with Crippen LogP contribution in [0.15, 0.2) is 12.1 Å². The lowest BCUT2D eigenvalue weighted by Gasteiger charge is -2.22. The first-order valence-corrected chi connectivity index (χ1v) is 6.56. The molecule has 1 rings (SSSR count). The Balaban J connectivity index is 2.79. The van der Waals surface area contributed by atoms with Crippen molar-refractivity contribution in [3.8, 4) is 5.75 Å². The minimum Gasteiger partial charge on any atom is -0.507 e. The van der Waals surface area contributed by atoms with Crippen molar-refractivity contribution in [2.45, 2.75) is 27.3 Å². The number of nitrogens with zero attached hydrogens (tertiary/aromatic N) is 2. The van der Waals surface area contributed by atoms with Gasteiger partial charge < -0.3 is 10.0 Å². The van der Waals surface area contributed by atoms with Gasteiger partial charge in [-0.1, -0.05) is 19.1 Å². The maximum atomic E-state index is 11.7. The van der Waals surface area contributed by atoms with Crippen molar-refractivity contribution in [1.82, 2.24) is 9.80 Å². The molecular weight excluding hydrogens is 240 g/mol. The number of hydrogen-bond donors (Lipinski definition) is 1. The summed E-state index contributed by atoms with van der Waals surface area (Å²) in [4.78, 5) is 15.4. The molecule has 0 fully saturated rings. The predicted molar refractivity (Wildman–Crippen MR) is 77.2 cm³/mol. The monoisotopic (exact) mass is 264 g/mol. The van der Waals surface area contributed by atoms with Crippen LogP contribution in [-0.2, 0) is 11.3 Å². The largest absolute Gasteiger partial charge is 0.507 e. The third kappa shape index (κ3) is 4.24. The first kappa shape index (κ1) is 15.5. The number of likely N-dealkylation sites (N-methyl/N-ethyl adjacent to an activating group) is 2. The molecule has 0 atom stereocenters. The van der Waals surface area contributed by atoms with Crippen LogP contribution in [0.1, 0.15) is 23.6 Å². The number of benzene rings is 1. The summed E-state index contributed by atoms with van der Waals surface area (Å²) < 4.78 is 0. The Kier molecular flexibility index (Phi) is 5.36. The molecule has 0 unspecified atom stereocenters. The van der Waals surface area contributed by atoms with Gasteiger partial charge >= 0.3 is 0 Å². The van der Waals surface area contributed by atoms with Gasteiger partial charge in [-0.15, -0.1) is 0 Å². The topological polar surface area (TPSA) is 43.8 Å². The standard InChI is InChI=1S/C15H24N2O2/c1-6-17(10-14(18)16(4)5)9-13-7-11(2)15(19)12(3)8-13/h7-8,19H,6,9-10H2,1-5H3. The van der Waals surface area contributed by atoms with Crippen molar-refractivity contribution in [3.05, 3.63) is 28.8 Å². The highest BCUT2D eigenvalue weighted by atomic mass is 16.3. The van der Waals surface area contributed by atoms with Gasteiger partial charge in [0.05, 0.1) is 6.54 Å². The molecule has 0 aliphatic rings. The highest BCUT2D eigenvalue weighted by Crippen LogP contribution is 2.23. The average molecular weight is 264 g/mol. The van der Waals surface area contributed by atoms with E-state index >= 15 is 0 Å². The van der Waals surface area contributed by atoms with Crippen LogP contribution in [0.4, 0.5) is 0 Å². The lowest BCUT2D eigenvalue weighted by atomic mass is 10.1. The molecule has 106 valence electrons. The Hall–Kier alpha value is -1.55. The third-order valence-electron chi connectivity index (χ3n) is 3.26. The number of rotatable bonds is 5. The third-order valence-corrected chi connectivity index (χ3v) is 3.26. The summed E-state index contributed by atoms with van der Waals surface area (Å²) in [5, 5.41) is 9.77. The van der Waals surface area contributed by atoms with Crippen LogP contribution in [0.2, 0.25) is 0 Å². The number of amides is 1. The normalized spacial score (nSPS) is 10.8. The molecule has 4 heteroatoms. The van der Waals surface area contributed by atoms with E-state index in [1.54, 1.807) is 19.0 Å². The summed E-state index contributed by atoms with van der Waals surface area (Å²) in [6.07, 6.45) is 0. The Morgan fingerprint density at radius 1 is 1.21 bits per heavy atom. The van der Waals surface area contributed by atoms with Crippen LogP contribution < -0.4 is 0 Å². The van der Waals surface area contributed by atoms with Crippen LogP contribution in [0, 0.1) is 13.8 Å². The first-order chi connectivity index (χ1) is 8.85. The minimum atomic E-state index is 0.106. The molecule has 1 aromatic rings. The smallest absolute Gasteiger partial charge is 0.236 e. The second-order valence-electron chi connectivity index (χ2n) is 5.17. The molecule has 1 aromatic carbocycles. The van der Waals surface area contributed by atoms with E-state index in [2.05, 4.69) is 4.90 Å². The molecule has 1 amide bonds. The van der Waals surface area contributed by atoms with Crippen molar-refractivity contribution in [2.24, 2.45) is 0 Å². The molecule has 1 N–H and O–H groups in total. The maximum Gasteiger partial charge on any atom is 0.236 e. The summed E-state index contributed by atoms with van der Waals surface area (Å²) >= 11 is 0. The lowest BCUT2D eigenvalue weighted by molar-refractivity contribution is -0.130. The summed E-state index contributed by atoms with van der Waals surface area (Å²) in [6.45, 7) is 7.79. The summed E-state index contributed by atoms with van der Waals surface area (Å²) in [5.74, 6) is 0.463. The SMILES string of the molecule is CCN(CC(=O)N(C)C)Cc1cc(C)c(O)c(C)c1. The van der Waals surface area contributed by atoms with E-state index < -0.39 is 0 Å². The van der Waals surface area contributed by atoms with E-state index in [0.29, 0.717) is 12.3 Å². The highest BCUT2D eigenvalue weighted by molar-refractivity contribution is 5.77. The van der Waals surface area contributed by atoms with Crippen LogP contribution in [0.5, 0.6) is 5.75 Å². The zero-order valence-corrected chi connectivity index (χ0v) is 12.5. The van der Waals surface area contributed by atoms with Crippen molar-refractivity contribution in [1.29, 1.82) is 0 Å². The zero-order valence-electron chi connectivity index (χ0n) is 12.5. The fourth-order valence-electron chi connectivity index (χ4n) is 2.01. The molecule has 0 saturated heterocycles. The molecule has 0 aliphatic heterocycles. The fourth-order valence-corrected chi connectivity index (χ4v) is 2.01. The number of hydrogen-bond acceptors (Lipinski definition) is 3. The quantitative estimate of drug-likeness (QED) is 0.883. The Labute approximate surface area is 115 Å². The lowest BCUT2D eigenvalue weighted by Crippen LogP contribution is -2.36. The van der Waals surface area contributed by atoms with E-state index in [0.717, 1.165) is 29.8 Å². The van der Waals surface area contributed by atoms with Gasteiger partial charge in [0.1, 0.15) is 5.75 Å². The van der Waals surface area contributed by atoms with Crippen LogP contribution in [0.25, 0.3) is 0 Å². The van der Waals surface area contributed by atoms with E-state index in [1.165, 1.54) is 0 Å². The van der Waals surface area contributed by atoms with Crippen molar-refractivity contribution in [2.75, 3.05) is 27.2 Å². The van der Waals surface area contributed by atoms with E-state index in [1.807, 2.05) is 32.9 Å². The number of carbonyl (C=O) groups excluding carboxylic acids is 1. The Morgan fingerprint density at radius 3 is 2.16 bits per heavy atom. The number of phenolic OH excluding ortho intramolecular Hbond substituents is 1. The van der Waals surface area contributed by atoms with Crippen molar-refractivity contribution < 1.29 is 9.90 Å². The van der Waals surface area contributed by atoms with E-state index in [-0.39, 0.29) is 5.91 Å². The zero-order chi connectivity index (χ0) is 14.6. The number of phenols is 1. The molecule has 0 saturated carbocycles. The summed E-state index contributed by atoms with van der Waals surface area (Å²) in [7, 11) is 3.54. The van der Waals surface area contributed by atoms with Gasteiger partial charge in [-0.2, -0.15) is 0 Å².